The maximum Gasteiger partial charge on any atom is 0.269 e. The lowest BCUT2D eigenvalue weighted by Crippen LogP contribution is -2.20. The highest BCUT2D eigenvalue weighted by molar-refractivity contribution is 6.03. The number of halogens is 1. The molecular weight excluding hydrogens is 456 g/mol. The Morgan fingerprint density at radius 3 is 2.26 bits per heavy atom. The van der Waals surface area contributed by atoms with Gasteiger partial charge in [0.15, 0.2) is 0 Å². The van der Waals surface area contributed by atoms with Crippen LogP contribution in [-0.2, 0) is 0 Å². The fraction of sp³-hybridized carbons (Fsp3) is 0.0417. The normalized spacial score (nSPS) is 14.1. The second-order valence-electron chi connectivity index (χ2n) is 7.39. The summed E-state index contributed by atoms with van der Waals surface area (Å²) < 4.78 is 1.72. The first-order valence-corrected chi connectivity index (χ1v) is 10.2. The summed E-state index contributed by atoms with van der Waals surface area (Å²) in [4.78, 5) is 27.4. The maximum atomic E-state index is 12.6. The highest BCUT2D eigenvalue weighted by atomic mass is 35.5. The second-order valence-corrected chi connectivity index (χ2v) is 7.39. The molecule has 0 radical (unpaired) electrons. The number of hydrogen-bond acceptors (Lipinski definition) is 6. The predicted octanol–water partition coefficient (Wildman–Crippen LogP) is 4.92. The van der Waals surface area contributed by atoms with E-state index in [1.165, 1.54) is 24.3 Å². The molecule has 1 unspecified atom stereocenters. The highest BCUT2D eigenvalue weighted by Gasteiger charge is 2.26. The van der Waals surface area contributed by atoms with Crippen molar-refractivity contribution in [2.24, 2.45) is 0 Å². The third-order valence-corrected chi connectivity index (χ3v) is 5.26. The Morgan fingerprint density at radius 2 is 1.62 bits per heavy atom. The molecule has 0 bridgehead atoms. The van der Waals surface area contributed by atoms with Crippen molar-refractivity contribution in [2.45, 2.75) is 6.04 Å². The minimum Gasteiger partial charge on any atom is -0.324 e. The first-order valence-electron chi connectivity index (χ1n) is 10.2. The molecule has 5 rings (SSSR count). The molecule has 1 aromatic heterocycles. The van der Waals surface area contributed by atoms with E-state index in [0.717, 1.165) is 16.8 Å². The molecule has 9 nitrogen and oxygen atoms in total. The van der Waals surface area contributed by atoms with E-state index in [0.29, 0.717) is 5.95 Å². The summed E-state index contributed by atoms with van der Waals surface area (Å²) in [5.74, 6) is 0.161. The zero-order chi connectivity index (χ0) is 22.8. The Labute approximate surface area is 200 Å². The van der Waals surface area contributed by atoms with Crippen LogP contribution in [0.5, 0.6) is 0 Å². The Kier molecular flexibility index (Phi) is 6.37. The molecule has 170 valence electrons. The van der Waals surface area contributed by atoms with Gasteiger partial charge in [-0.25, -0.2) is 4.68 Å². The van der Waals surface area contributed by atoms with Gasteiger partial charge in [0.2, 0.25) is 5.95 Å². The molecule has 0 aliphatic carbocycles. The molecule has 2 heterocycles. The largest absolute Gasteiger partial charge is 0.324 e. The lowest BCUT2D eigenvalue weighted by atomic mass is 10.0. The number of nitro groups is 1. The molecule has 3 aromatic carbocycles. The summed E-state index contributed by atoms with van der Waals surface area (Å²) in [5, 5.41) is 21.3. The molecule has 10 heteroatoms. The number of nitrogens with zero attached hydrogens (tertiary/aromatic N) is 4. The molecule has 1 aliphatic heterocycles. The van der Waals surface area contributed by atoms with Gasteiger partial charge in [0, 0.05) is 23.4 Å². The van der Waals surface area contributed by atoms with Crippen molar-refractivity contribution in [3.63, 3.8) is 0 Å². The highest BCUT2D eigenvalue weighted by Crippen LogP contribution is 2.33. The van der Waals surface area contributed by atoms with Gasteiger partial charge in [-0.05, 0) is 29.3 Å². The molecule has 0 spiro atoms. The quantitative estimate of drug-likeness (QED) is 0.313. The third-order valence-electron chi connectivity index (χ3n) is 5.26. The van der Waals surface area contributed by atoms with Gasteiger partial charge in [-0.1, -0.05) is 60.7 Å². The Hall–Kier alpha value is -4.50. The number of carbonyl (C=O) groups is 1. The Morgan fingerprint density at radius 1 is 0.971 bits per heavy atom. The zero-order valence-corrected chi connectivity index (χ0v) is 18.5. The molecule has 0 saturated heterocycles. The van der Waals surface area contributed by atoms with Crippen LogP contribution in [0, 0.1) is 10.1 Å². The van der Waals surface area contributed by atoms with E-state index < -0.39 is 10.8 Å². The number of hydrogen-bond donors (Lipinski definition) is 2. The van der Waals surface area contributed by atoms with Gasteiger partial charge in [-0.3, -0.25) is 20.2 Å². The summed E-state index contributed by atoms with van der Waals surface area (Å²) in [5.41, 5.74) is 3.09. The molecule has 34 heavy (non-hydrogen) atoms. The molecule has 2 N–H and O–H groups in total. The van der Waals surface area contributed by atoms with E-state index >= 15 is 0 Å². The lowest BCUT2D eigenvalue weighted by Gasteiger charge is -2.24. The van der Waals surface area contributed by atoms with Crippen LogP contribution in [0.4, 0.5) is 17.6 Å². The SMILES string of the molecule is Cl.O=C(Nc1nc2n(n1)C(c1ccccc1)C=C(c1ccccc1)N2)c1ccc([N+](=O)[O-])cc1. The number of fused-ring (bicyclic) bond motifs is 1. The zero-order valence-electron chi connectivity index (χ0n) is 17.7. The van der Waals surface area contributed by atoms with Crippen molar-refractivity contribution in [3.8, 4) is 0 Å². The summed E-state index contributed by atoms with van der Waals surface area (Å²) >= 11 is 0. The monoisotopic (exact) mass is 474 g/mol. The number of non-ortho nitro benzene ring substituents is 1. The third kappa shape index (κ3) is 4.50. The van der Waals surface area contributed by atoms with Crippen LogP contribution in [0.15, 0.2) is 91.0 Å². The van der Waals surface area contributed by atoms with Crippen molar-refractivity contribution in [1.29, 1.82) is 0 Å². The van der Waals surface area contributed by atoms with E-state index in [-0.39, 0.29) is 35.6 Å². The second kappa shape index (κ2) is 9.55. The number of allylic oxidation sites excluding steroid dienone is 1. The summed E-state index contributed by atoms with van der Waals surface area (Å²) in [6.45, 7) is 0. The number of aromatic nitrogens is 3. The van der Waals surface area contributed by atoms with Gasteiger partial charge in [0.1, 0.15) is 6.04 Å². The average Bonchev–Trinajstić information content (AvgIpc) is 3.26. The number of rotatable bonds is 5. The van der Waals surface area contributed by atoms with E-state index in [9.17, 15) is 14.9 Å². The van der Waals surface area contributed by atoms with Crippen LogP contribution >= 0.6 is 12.4 Å². The van der Waals surface area contributed by atoms with Crippen LogP contribution in [0.1, 0.15) is 27.5 Å². The molecule has 1 aliphatic rings. The van der Waals surface area contributed by atoms with E-state index in [1.807, 2.05) is 60.7 Å². The van der Waals surface area contributed by atoms with Crippen LogP contribution in [0.2, 0.25) is 0 Å². The summed E-state index contributed by atoms with van der Waals surface area (Å²) in [6, 6.07) is 24.9. The topological polar surface area (TPSA) is 115 Å². The lowest BCUT2D eigenvalue weighted by molar-refractivity contribution is -0.384. The molecule has 1 atom stereocenters. The number of carbonyl (C=O) groups excluding carboxylic acids is 1. The van der Waals surface area contributed by atoms with E-state index in [2.05, 4.69) is 26.8 Å². The number of benzene rings is 3. The van der Waals surface area contributed by atoms with Gasteiger partial charge >= 0.3 is 0 Å². The van der Waals surface area contributed by atoms with Crippen molar-refractivity contribution < 1.29 is 9.72 Å². The van der Waals surface area contributed by atoms with Crippen molar-refractivity contribution in [2.75, 3.05) is 10.6 Å². The number of nitrogens with one attached hydrogen (secondary N) is 2. The number of nitro benzene ring substituents is 1. The van der Waals surface area contributed by atoms with Crippen molar-refractivity contribution in [1.82, 2.24) is 14.8 Å². The minimum absolute atomic E-state index is 0. The van der Waals surface area contributed by atoms with Crippen LogP contribution in [0.25, 0.3) is 5.70 Å². The molecule has 4 aromatic rings. The van der Waals surface area contributed by atoms with Gasteiger partial charge in [-0.15, -0.1) is 17.5 Å². The van der Waals surface area contributed by atoms with Gasteiger partial charge in [0.05, 0.1) is 4.92 Å². The standard InChI is InChI=1S/C24H18N6O3.ClH/c31-22(18-11-13-19(14-12-18)30(32)33)26-23-27-24-25-20(16-7-3-1-4-8-16)15-21(29(24)28-23)17-9-5-2-6-10-17;/h1-15,21H,(H2,25,26,27,28,31);1H. The first kappa shape index (κ1) is 22.7. The van der Waals surface area contributed by atoms with Crippen molar-refractivity contribution in [3.05, 3.63) is 118 Å². The first-order chi connectivity index (χ1) is 16.1. The molecule has 0 saturated carbocycles. The smallest absolute Gasteiger partial charge is 0.269 e. The Bertz CT molecular complexity index is 1350. The predicted molar refractivity (Wildman–Crippen MR) is 131 cm³/mol. The average molecular weight is 475 g/mol. The van der Waals surface area contributed by atoms with Gasteiger partial charge in [-0.2, -0.15) is 4.98 Å². The van der Waals surface area contributed by atoms with Gasteiger partial charge in [0.25, 0.3) is 17.5 Å². The summed E-state index contributed by atoms with van der Waals surface area (Å²) in [7, 11) is 0. The molecule has 1 amide bonds. The molecule has 0 fully saturated rings. The summed E-state index contributed by atoms with van der Waals surface area (Å²) in [6.07, 6.45) is 2.06. The minimum atomic E-state index is -0.514. The van der Waals surface area contributed by atoms with E-state index in [4.69, 9.17) is 0 Å². The molecular formula is C24H19ClN6O3. The van der Waals surface area contributed by atoms with E-state index in [1.54, 1.807) is 4.68 Å². The van der Waals surface area contributed by atoms with Gasteiger partial charge < -0.3 is 5.32 Å². The number of anilines is 2. The van der Waals surface area contributed by atoms with Crippen LogP contribution in [-0.4, -0.2) is 25.6 Å². The van der Waals surface area contributed by atoms with Crippen molar-refractivity contribution >= 4 is 41.6 Å². The van der Waals surface area contributed by atoms with Crippen LogP contribution < -0.4 is 10.6 Å². The fourth-order valence-electron chi connectivity index (χ4n) is 3.63. The van der Waals surface area contributed by atoms with Crippen LogP contribution in [0.3, 0.4) is 0 Å². The maximum absolute atomic E-state index is 12.6. The fourth-order valence-corrected chi connectivity index (χ4v) is 3.63. The Balaban J connectivity index is 0.00000274. The number of amides is 1.